The molecule has 18 heavy (non-hydrogen) atoms. The number of rotatable bonds is 3. The number of hydrogen-bond donors (Lipinski definition) is 0. The number of fused-ring (bicyclic) bond motifs is 1. The molecule has 2 rings (SSSR count). The van der Waals surface area contributed by atoms with Crippen LogP contribution in [0.3, 0.4) is 0 Å². The Balaban J connectivity index is 2.23. The van der Waals surface area contributed by atoms with Gasteiger partial charge in [0.05, 0.1) is 13.0 Å². The van der Waals surface area contributed by atoms with Crippen LogP contribution in [0.15, 0.2) is 34.2 Å². The molecule has 1 aliphatic heterocycles. The largest absolute Gasteiger partial charge is 0.466 e. The molecule has 0 N–H and O–H groups in total. The molecule has 1 heterocycles. The van der Waals surface area contributed by atoms with Gasteiger partial charge in [0.25, 0.3) is 0 Å². The van der Waals surface area contributed by atoms with Crippen molar-refractivity contribution in [1.82, 2.24) is 0 Å². The molecule has 5 heteroatoms. The van der Waals surface area contributed by atoms with Crippen molar-refractivity contribution in [2.75, 3.05) is 6.61 Å². The lowest BCUT2D eigenvalue weighted by Gasteiger charge is -2.29. The number of halogens is 1. The lowest BCUT2D eigenvalue weighted by Crippen LogP contribution is -2.27. The Morgan fingerprint density at radius 1 is 1.50 bits per heavy atom. The molecule has 1 aliphatic rings. The highest BCUT2D eigenvalue weighted by molar-refractivity contribution is 8.00. The van der Waals surface area contributed by atoms with Crippen molar-refractivity contribution >= 4 is 34.5 Å². The zero-order valence-electron chi connectivity index (χ0n) is 10.3. The van der Waals surface area contributed by atoms with E-state index in [4.69, 9.17) is 16.3 Å². The summed E-state index contributed by atoms with van der Waals surface area (Å²) in [4.78, 5) is 16.5. The number of carbonyl (C=O) groups is 1. The summed E-state index contributed by atoms with van der Waals surface area (Å²) in [6.45, 7) is 4.07. The van der Waals surface area contributed by atoms with Crippen LogP contribution < -0.4 is 0 Å². The predicted octanol–water partition coefficient (Wildman–Crippen LogP) is 3.45. The Morgan fingerprint density at radius 2 is 2.22 bits per heavy atom. The first-order valence-corrected chi connectivity index (χ1v) is 6.93. The summed E-state index contributed by atoms with van der Waals surface area (Å²) in [5.41, 5.74) is 0.922. The van der Waals surface area contributed by atoms with E-state index in [2.05, 4.69) is 4.99 Å². The van der Waals surface area contributed by atoms with Crippen molar-refractivity contribution < 1.29 is 9.53 Å². The van der Waals surface area contributed by atoms with Crippen molar-refractivity contribution in [3.63, 3.8) is 0 Å². The van der Waals surface area contributed by atoms with Gasteiger partial charge in [-0.1, -0.05) is 41.6 Å². The third-order valence-corrected chi connectivity index (χ3v) is 4.09. The second kappa shape index (κ2) is 5.33. The zero-order valence-corrected chi connectivity index (χ0v) is 11.8. The average Bonchev–Trinajstić information content (AvgIpc) is 2.28. The summed E-state index contributed by atoms with van der Waals surface area (Å²) in [5.74, 6) is -0.250. The van der Waals surface area contributed by atoms with E-state index >= 15 is 0 Å². The first-order chi connectivity index (χ1) is 8.54. The number of thioether (sulfide) groups is 1. The third kappa shape index (κ3) is 2.87. The van der Waals surface area contributed by atoms with E-state index in [1.165, 1.54) is 0 Å². The molecule has 0 fully saturated rings. The third-order valence-electron chi connectivity index (χ3n) is 2.55. The molecular weight excluding hydrogens is 270 g/mol. The molecule has 0 amide bonds. The molecule has 0 radical (unpaired) electrons. The fraction of sp³-hybridized carbons (Fsp3) is 0.385. The Kier molecular flexibility index (Phi) is 3.97. The Bertz CT molecular complexity index is 504. The predicted molar refractivity (Wildman–Crippen MR) is 74.3 cm³/mol. The monoisotopic (exact) mass is 283 g/mol. The second-order valence-corrected chi connectivity index (χ2v) is 6.04. The Morgan fingerprint density at radius 3 is 2.94 bits per heavy atom. The molecular formula is C13H14ClNO2S. The van der Waals surface area contributed by atoms with Crippen molar-refractivity contribution in [3.05, 3.63) is 29.8 Å². The molecule has 0 saturated carbocycles. The van der Waals surface area contributed by atoms with E-state index in [9.17, 15) is 4.79 Å². The summed E-state index contributed by atoms with van der Waals surface area (Å²) in [6, 6.07) is 7.79. The highest BCUT2D eigenvalue weighted by atomic mass is 35.5. The van der Waals surface area contributed by atoms with Gasteiger partial charge < -0.3 is 4.74 Å². The standard InChI is InChI=1S/C13H14ClNO2S/c1-3-17-11(16)8-13(2)15-12(14)9-6-4-5-7-10(9)18-13/h4-7H,3,8H2,1-2H3. The molecule has 1 atom stereocenters. The highest BCUT2D eigenvalue weighted by Gasteiger charge is 2.34. The summed E-state index contributed by atoms with van der Waals surface area (Å²) >= 11 is 7.72. The molecule has 3 nitrogen and oxygen atoms in total. The van der Waals surface area contributed by atoms with Gasteiger partial charge >= 0.3 is 5.97 Å². The normalized spacial score (nSPS) is 22.1. The minimum Gasteiger partial charge on any atom is -0.466 e. The SMILES string of the molecule is CCOC(=O)CC1(C)N=C(Cl)c2ccccc2S1. The van der Waals surface area contributed by atoms with Crippen LogP contribution in [0, 0.1) is 0 Å². The molecule has 1 unspecified atom stereocenters. The maximum atomic E-state index is 11.6. The summed E-state index contributed by atoms with van der Waals surface area (Å²) in [5, 5.41) is 0.455. The number of hydrogen-bond acceptors (Lipinski definition) is 4. The van der Waals surface area contributed by atoms with E-state index < -0.39 is 4.87 Å². The smallest absolute Gasteiger partial charge is 0.309 e. The fourth-order valence-electron chi connectivity index (χ4n) is 1.81. The maximum absolute atomic E-state index is 11.6. The van der Waals surface area contributed by atoms with E-state index in [1.54, 1.807) is 18.7 Å². The quantitative estimate of drug-likeness (QED) is 0.798. The number of aliphatic imine (C=N–C) groups is 1. The highest BCUT2D eigenvalue weighted by Crippen LogP contribution is 2.43. The Labute approximate surface area is 116 Å². The van der Waals surface area contributed by atoms with Crippen LogP contribution in [0.5, 0.6) is 0 Å². The van der Waals surface area contributed by atoms with E-state index in [-0.39, 0.29) is 12.4 Å². The molecule has 0 aliphatic carbocycles. The molecule has 1 aromatic rings. The summed E-state index contributed by atoms with van der Waals surface area (Å²) < 4.78 is 4.97. The molecule has 0 spiro atoms. The Hall–Kier alpha value is -1.00. The van der Waals surface area contributed by atoms with Crippen molar-refractivity contribution in [2.45, 2.75) is 30.0 Å². The lowest BCUT2D eigenvalue weighted by atomic mass is 10.2. The minimum atomic E-state index is -0.586. The van der Waals surface area contributed by atoms with Gasteiger partial charge in [0.1, 0.15) is 10.0 Å². The minimum absolute atomic E-state index is 0.218. The number of benzene rings is 1. The van der Waals surface area contributed by atoms with Crippen LogP contribution in [0.4, 0.5) is 0 Å². The average molecular weight is 284 g/mol. The number of ether oxygens (including phenoxy) is 1. The molecule has 0 saturated heterocycles. The first kappa shape index (κ1) is 13.4. The van der Waals surface area contributed by atoms with Crippen LogP contribution in [0.2, 0.25) is 0 Å². The molecule has 1 aromatic carbocycles. The van der Waals surface area contributed by atoms with Crippen molar-refractivity contribution in [2.24, 2.45) is 4.99 Å². The number of nitrogens with zero attached hydrogens (tertiary/aromatic N) is 1. The fourth-order valence-corrected chi connectivity index (χ4v) is 3.49. The topological polar surface area (TPSA) is 38.7 Å². The zero-order chi connectivity index (χ0) is 13.2. The summed E-state index contributed by atoms with van der Waals surface area (Å²) in [6.07, 6.45) is 0.218. The van der Waals surface area contributed by atoms with Gasteiger partial charge in [-0.3, -0.25) is 9.79 Å². The maximum Gasteiger partial charge on any atom is 0.309 e. The van der Waals surface area contributed by atoms with Gasteiger partial charge in [-0.15, -0.1) is 0 Å². The van der Waals surface area contributed by atoms with Crippen LogP contribution in [0.25, 0.3) is 0 Å². The second-order valence-electron chi connectivity index (χ2n) is 4.16. The van der Waals surface area contributed by atoms with Crippen molar-refractivity contribution in [1.29, 1.82) is 0 Å². The number of esters is 1. The number of carbonyl (C=O) groups excluding carboxylic acids is 1. The molecule has 0 bridgehead atoms. The van der Waals surface area contributed by atoms with Crippen LogP contribution in [-0.4, -0.2) is 22.6 Å². The van der Waals surface area contributed by atoms with Gasteiger partial charge in [-0.05, 0) is 19.9 Å². The van der Waals surface area contributed by atoms with E-state index in [0.29, 0.717) is 11.8 Å². The van der Waals surface area contributed by atoms with Crippen LogP contribution in [0.1, 0.15) is 25.8 Å². The van der Waals surface area contributed by atoms with Crippen LogP contribution >= 0.6 is 23.4 Å². The molecule has 96 valence electrons. The van der Waals surface area contributed by atoms with Crippen LogP contribution in [-0.2, 0) is 9.53 Å². The van der Waals surface area contributed by atoms with Gasteiger partial charge in [0.2, 0.25) is 0 Å². The molecule has 0 aromatic heterocycles. The van der Waals surface area contributed by atoms with Gasteiger partial charge in [-0.2, -0.15) is 0 Å². The van der Waals surface area contributed by atoms with Gasteiger partial charge in [0, 0.05) is 10.5 Å². The van der Waals surface area contributed by atoms with Gasteiger partial charge in [-0.25, -0.2) is 0 Å². The first-order valence-electron chi connectivity index (χ1n) is 5.73. The lowest BCUT2D eigenvalue weighted by molar-refractivity contribution is -0.143. The van der Waals surface area contributed by atoms with E-state index in [0.717, 1.165) is 10.5 Å². The van der Waals surface area contributed by atoms with Crippen molar-refractivity contribution in [3.8, 4) is 0 Å². The van der Waals surface area contributed by atoms with Gasteiger partial charge in [0.15, 0.2) is 0 Å². The summed E-state index contributed by atoms with van der Waals surface area (Å²) in [7, 11) is 0. The van der Waals surface area contributed by atoms with E-state index in [1.807, 2.05) is 31.2 Å².